The molecule has 6 heteroatoms. The van der Waals surface area contributed by atoms with Crippen LogP contribution < -0.4 is 5.32 Å². The summed E-state index contributed by atoms with van der Waals surface area (Å²) in [6.07, 6.45) is 3.02. The van der Waals surface area contributed by atoms with Crippen molar-refractivity contribution in [1.82, 2.24) is 5.32 Å². The maximum absolute atomic E-state index is 11.7. The van der Waals surface area contributed by atoms with Crippen LogP contribution in [-0.2, 0) is 22.6 Å². The summed E-state index contributed by atoms with van der Waals surface area (Å²) in [6, 6.07) is 3.80. The zero-order chi connectivity index (χ0) is 14.4. The Hall–Kier alpha value is -1.92. The van der Waals surface area contributed by atoms with Gasteiger partial charge in [-0.25, -0.2) is 4.79 Å². The first kappa shape index (κ1) is 14.5. The Morgan fingerprint density at radius 3 is 2.90 bits per heavy atom. The maximum Gasteiger partial charge on any atom is 0.328 e. The van der Waals surface area contributed by atoms with Crippen molar-refractivity contribution in [2.75, 3.05) is 0 Å². The molecular formula is C14H13NO3S2. The van der Waals surface area contributed by atoms with Crippen molar-refractivity contribution in [1.29, 1.82) is 0 Å². The van der Waals surface area contributed by atoms with E-state index in [9.17, 15) is 9.59 Å². The van der Waals surface area contributed by atoms with Gasteiger partial charge in [0, 0.05) is 11.0 Å². The average Bonchev–Trinajstić information content (AvgIpc) is 3.05. The molecule has 0 fully saturated rings. The molecule has 0 aliphatic rings. The highest BCUT2D eigenvalue weighted by molar-refractivity contribution is 7.10. The summed E-state index contributed by atoms with van der Waals surface area (Å²) in [4.78, 5) is 23.1. The minimum atomic E-state index is -0.971. The minimum absolute atomic E-state index is 0.0144. The van der Waals surface area contributed by atoms with Crippen LogP contribution in [0.2, 0.25) is 0 Å². The van der Waals surface area contributed by atoms with Gasteiger partial charge in [-0.1, -0.05) is 0 Å². The normalized spacial score (nSPS) is 10.8. The van der Waals surface area contributed by atoms with Crippen LogP contribution in [0.4, 0.5) is 0 Å². The van der Waals surface area contributed by atoms with E-state index in [1.54, 1.807) is 11.3 Å². The molecule has 0 saturated carbocycles. The first-order valence-corrected chi connectivity index (χ1v) is 7.72. The van der Waals surface area contributed by atoms with E-state index in [1.165, 1.54) is 17.4 Å². The standard InChI is InChI=1S/C14H13NO3S2/c16-13(6-11-3-4-19-8-11)15-7-12-5-10(9-20-12)1-2-14(17)18/h1-5,8-9H,6-7H2,(H,15,16)(H,17,18). The molecule has 0 bridgehead atoms. The summed E-state index contributed by atoms with van der Waals surface area (Å²) in [7, 11) is 0. The van der Waals surface area contributed by atoms with Crippen molar-refractivity contribution in [3.8, 4) is 0 Å². The molecule has 2 aromatic heterocycles. The second kappa shape index (κ2) is 7.02. The maximum atomic E-state index is 11.7. The molecule has 1 amide bonds. The molecule has 0 radical (unpaired) electrons. The Bertz CT molecular complexity index is 614. The second-order valence-corrected chi connectivity index (χ2v) is 5.88. The number of carboxylic acid groups (broad SMARTS) is 1. The molecule has 4 nitrogen and oxygen atoms in total. The molecule has 0 aliphatic carbocycles. The third-order valence-electron chi connectivity index (χ3n) is 2.50. The number of hydrogen-bond donors (Lipinski definition) is 2. The molecular weight excluding hydrogens is 294 g/mol. The second-order valence-electron chi connectivity index (χ2n) is 4.10. The van der Waals surface area contributed by atoms with Crippen molar-refractivity contribution >= 4 is 40.6 Å². The lowest BCUT2D eigenvalue weighted by Gasteiger charge is -2.01. The number of carbonyl (C=O) groups excluding carboxylic acids is 1. The van der Waals surface area contributed by atoms with Gasteiger partial charge in [0.2, 0.25) is 5.91 Å². The summed E-state index contributed by atoms with van der Waals surface area (Å²) in [6.45, 7) is 0.467. The third-order valence-corrected chi connectivity index (χ3v) is 4.18. The zero-order valence-electron chi connectivity index (χ0n) is 10.5. The van der Waals surface area contributed by atoms with Gasteiger partial charge in [0.15, 0.2) is 0 Å². The molecule has 0 saturated heterocycles. The number of carbonyl (C=O) groups is 2. The van der Waals surface area contributed by atoms with Crippen LogP contribution in [0.5, 0.6) is 0 Å². The predicted octanol–water partition coefficient (Wildman–Crippen LogP) is 2.77. The van der Waals surface area contributed by atoms with Crippen LogP contribution in [0.15, 0.2) is 34.3 Å². The van der Waals surface area contributed by atoms with Gasteiger partial charge >= 0.3 is 5.97 Å². The zero-order valence-corrected chi connectivity index (χ0v) is 12.2. The molecule has 0 aromatic carbocycles. The Labute approximate surface area is 124 Å². The van der Waals surface area contributed by atoms with E-state index in [0.29, 0.717) is 13.0 Å². The monoisotopic (exact) mass is 307 g/mol. The molecule has 0 aliphatic heterocycles. The highest BCUT2D eigenvalue weighted by Crippen LogP contribution is 2.16. The van der Waals surface area contributed by atoms with Crippen molar-refractivity contribution in [2.45, 2.75) is 13.0 Å². The number of aliphatic carboxylic acids is 1. The number of nitrogens with one attached hydrogen (secondary N) is 1. The van der Waals surface area contributed by atoms with E-state index < -0.39 is 5.97 Å². The Balaban J connectivity index is 1.82. The van der Waals surface area contributed by atoms with E-state index in [2.05, 4.69) is 5.32 Å². The highest BCUT2D eigenvalue weighted by atomic mass is 32.1. The van der Waals surface area contributed by atoms with Crippen molar-refractivity contribution in [3.05, 3.63) is 50.4 Å². The fourth-order valence-corrected chi connectivity index (χ4v) is 3.03. The van der Waals surface area contributed by atoms with Crippen LogP contribution in [0.1, 0.15) is 16.0 Å². The summed E-state index contributed by atoms with van der Waals surface area (Å²) in [5.74, 6) is -0.985. The molecule has 2 rings (SSSR count). The van der Waals surface area contributed by atoms with Gasteiger partial charge in [-0.05, 0) is 45.5 Å². The first-order chi connectivity index (χ1) is 9.63. The molecule has 2 aromatic rings. The molecule has 2 heterocycles. The van der Waals surface area contributed by atoms with Gasteiger partial charge in [-0.3, -0.25) is 4.79 Å². The van der Waals surface area contributed by atoms with Gasteiger partial charge in [0.25, 0.3) is 0 Å². The van der Waals surface area contributed by atoms with Crippen LogP contribution in [0.3, 0.4) is 0 Å². The molecule has 2 N–H and O–H groups in total. The van der Waals surface area contributed by atoms with Gasteiger partial charge in [-0.2, -0.15) is 11.3 Å². The lowest BCUT2D eigenvalue weighted by atomic mass is 10.2. The quantitative estimate of drug-likeness (QED) is 0.806. The largest absolute Gasteiger partial charge is 0.478 e. The van der Waals surface area contributed by atoms with E-state index in [0.717, 1.165) is 22.1 Å². The minimum Gasteiger partial charge on any atom is -0.478 e. The van der Waals surface area contributed by atoms with Gasteiger partial charge in [0.05, 0.1) is 13.0 Å². The topological polar surface area (TPSA) is 66.4 Å². The smallest absolute Gasteiger partial charge is 0.328 e. The van der Waals surface area contributed by atoms with Gasteiger partial charge < -0.3 is 10.4 Å². The van der Waals surface area contributed by atoms with Crippen molar-refractivity contribution in [3.63, 3.8) is 0 Å². The predicted molar refractivity (Wildman–Crippen MR) is 80.9 cm³/mol. The fourth-order valence-electron chi connectivity index (χ4n) is 1.57. The Morgan fingerprint density at radius 2 is 2.20 bits per heavy atom. The molecule has 20 heavy (non-hydrogen) atoms. The van der Waals surface area contributed by atoms with Crippen LogP contribution in [0.25, 0.3) is 6.08 Å². The summed E-state index contributed by atoms with van der Waals surface area (Å²) < 4.78 is 0. The summed E-state index contributed by atoms with van der Waals surface area (Å²) in [5, 5.41) is 17.2. The van der Waals surface area contributed by atoms with Crippen molar-refractivity contribution < 1.29 is 14.7 Å². The number of carboxylic acids is 1. The van der Waals surface area contributed by atoms with Crippen LogP contribution >= 0.6 is 22.7 Å². The summed E-state index contributed by atoms with van der Waals surface area (Å²) >= 11 is 3.07. The number of thiophene rings is 2. The van der Waals surface area contributed by atoms with Crippen LogP contribution in [-0.4, -0.2) is 17.0 Å². The van der Waals surface area contributed by atoms with Crippen LogP contribution in [0, 0.1) is 0 Å². The average molecular weight is 307 g/mol. The van der Waals surface area contributed by atoms with E-state index in [-0.39, 0.29) is 5.91 Å². The van der Waals surface area contributed by atoms with Gasteiger partial charge in [-0.15, -0.1) is 11.3 Å². The van der Waals surface area contributed by atoms with E-state index >= 15 is 0 Å². The van der Waals surface area contributed by atoms with E-state index in [1.807, 2.05) is 28.3 Å². The first-order valence-electron chi connectivity index (χ1n) is 5.89. The third kappa shape index (κ3) is 4.64. The van der Waals surface area contributed by atoms with Gasteiger partial charge in [0.1, 0.15) is 0 Å². The summed E-state index contributed by atoms with van der Waals surface area (Å²) in [5.41, 5.74) is 1.85. The van der Waals surface area contributed by atoms with E-state index in [4.69, 9.17) is 5.11 Å². The molecule has 0 spiro atoms. The van der Waals surface area contributed by atoms with Crippen molar-refractivity contribution in [2.24, 2.45) is 0 Å². The molecule has 0 unspecified atom stereocenters. The molecule has 0 atom stereocenters. The SMILES string of the molecule is O=C(O)C=Cc1csc(CNC(=O)Cc2ccsc2)c1. The number of rotatable bonds is 6. The Morgan fingerprint density at radius 1 is 1.35 bits per heavy atom. The Kier molecular flexibility index (Phi) is 5.09. The number of amides is 1. The fraction of sp³-hybridized carbons (Fsp3) is 0.143. The lowest BCUT2D eigenvalue weighted by molar-refractivity contribution is -0.131. The number of hydrogen-bond acceptors (Lipinski definition) is 4. The lowest BCUT2D eigenvalue weighted by Crippen LogP contribution is -2.23. The highest BCUT2D eigenvalue weighted by Gasteiger charge is 2.04. The molecule has 104 valence electrons.